The second-order valence-electron chi connectivity index (χ2n) is 5.17. The van der Waals surface area contributed by atoms with Gasteiger partial charge in [-0.15, -0.1) is 0 Å². The molecule has 2 aromatic rings. The van der Waals surface area contributed by atoms with Crippen molar-refractivity contribution in [1.82, 2.24) is 14.9 Å². The van der Waals surface area contributed by atoms with Crippen molar-refractivity contribution in [3.05, 3.63) is 35.7 Å². The Hall–Kier alpha value is -2.43. The van der Waals surface area contributed by atoms with E-state index in [0.717, 1.165) is 28.6 Å². The number of aromatic nitrogens is 2. The molecule has 0 aromatic carbocycles. The number of hydrogen-bond acceptors (Lipinski definition) is 3. The van der Waals surface area contributed by atoms with E-state index in [4.69, 9.17) is 0 Å². The van der Waals surface area contributed by atoms with Crippen molar-refractivity contribution in [2.45, 2.75) is 60.4 Å². The number of amides is 1. The summed E-state index contributed by atoms with van der Waals surface area (Å²) < 4.78 is 1.93. The van der Waals surface area contributed by atoms with Gasteiger partial charge in [-0.05, 0) is 44.0 Å². The highest BCUT2D eigenvalue weighted by molar-refractivity contribution is 5.86. The Balaban J connectivity index is 0.00000146. The summed E-state index contributed by atoms with van der Waals surface area (Å²) in [6.45, 7) is 12.0. The highest BCUT2D eigenvalue weighted by atomic mass is 16.1. The number of carbonyl (C=O) groups is 2. The molecule has 26 heavy (non-hydrogen) atoms. The van der Waals surface area contributed by atoms with Crippen molar-refractivity contribution in [2.24, 2.45) is 0 Å². The van der Waals surface area contributed by atoms with Crippen LogP contribution in [0.25, 0.3) is 17.1 Å². The Kier molecular flexibility index (Phi) is 11.7. The number of nitrogens with one attached hydrogen (secondary N) is 1. The van der Waals surface area contributed by atoms with Crippen molar-refractivity contribution in [3.8, 4) is 0 Å². The maximum atomic E-state index is 11.6. The first kappa shape index (κ1) is 23.6. The van der Waals surface area contributed by atoms with Crippen molar-refractivity contribution < 1.29 is 9.59 Å². The fourth-order valence-corrected chi connectivity index (χ4v) is 2.68. The summed E-state index contributed by atoms with van der Waals surface area (Å²) >= 11 is 0. The first-order chi connectivity index (χ1) is 12.6. The Labute approximate surface area is 157 Å². The molecule has 2 aromatic heterocycles. The molecule has 1 atom stereocenters. The quantitative estimate of drug-likeness (QED) is 0.761. The lowest BCUT2D eigenvalue weighted by Gasteiger charge is -2.16. The van der Waals surface area contributed by atoms with Crippen LogP contribution in [0.1, 0.15) is 64.8 Å². The third-order valence-electron chi connectivity index (χ3n) is 3.82. The fourth-order valence-electron chi connectivity index (χ4n) is 2.68. The molecular formula is C21H33N3O2. The molecule has 144 valence electrons. The maximum absolute atomic E-state index is 11.6. The van der Waals surface area contributed by atoms with Crippen LogP contribution in [0.2, 0.25) is 0 Å². The predicted molar refractivity (Wildman–Crippen MR) is 110 cm³/mol. The van der Waals surface area contributed by atoms with Crippen LogP contribution < -0.4 is 5.32 Å². The number of fused-ring (bicyclic) bond motifs is 1. The van der Waals surface area contributed by atoms with E-state index in [1.54, 1.807) is 13.2 Å². The molecule has 0 saturated carbocycles. The van der Waals surface area contributed by atoms with Crippen LogP contribution in [0.15, 0.2) is 24.4 Å². The van der Waals surface area contributed by atoms with Crippen molar-refractivity contribution in [1.29, 1.82) is 0 Å². The van der Waals surface area contributed by atoms with Crippen LogP contribution in [0.4, 0.5) is 0 Å². The van der Waals surface area contributed by atoms with Crippen LogP contribution in [-0.2, 0) is 9.59 Å². The van der Waals surface area contributed by atoms with E-state index in [1.165, 1.54) is 0 Å². The number of nitrogens with zero attached hydrogens (tertiary/aromatic N) is 2. The molecule has 5 heteroatoms. The molecule has 0 radical (unpaired) electrons. The minimum Gasteiger partial charge on any atom is -0.359 e. The Morgan fingerprint density at radius 1 is 1.31 bits per heavy atom. The van der Waals surface area contributed by atoms with E-state index in [2.05, 4.69) is 10.3 Å². The van der Waals surface area contributed by atoms with Gasteiger partial charge in [0, 0.05) is 30.7 Å². The van der Waals surface area contributed by atoms with Gasteiger partial charge in [0.15, 0.2) is 0 Å². The third-order valence-corrected chi connectivity index (χ3v) is 3.82. The monoisotopic (exact) mass is 359 g/mol. The number of rotatable bonds is 6. The summed E-state index contributed by atoms with van der Waals surface area (Å²) in [6.07, 6.45) is 7.29. The number of allylic oxidation sites excluding steroid dienone is 1. The van der Waals surface area contributed by atoms with Crippen LogP contribution in [0.5, 0.6) is 0 Å². The van der Waals surface area contributed by atoms with E-state index >= 15 is 0 Å². The number of aryl methyl sites for hydroxylation is 1. The summed E-state index contributed by atoms with van der Waals surface area (Å²) in [7, 11) is 1.60. The van der Waals surface area contributed by atoms with E-state index in [1.807, 2.05) is 70.4 Å². The van der Waals surface area contributed by atoms with Gasteiger partial charge in [0.25, 0.3) is 0 Å². The molecular weight excluding hydrogens is 326 g/mol. The maximum Gasteiger partial charge on any atom is 0.219 e. The minimum atomic E-state index is -0.408. The summed E-state index contributed by atoms with van der Waals surface area (Å²) in [6, 6.07) is 3.48. The molecule has 0 bridgehead atoms. The lowest BCUT2D eigenvalue weighted by molar-refractivity contribution is -0.121. The van der Waals surface area contributed by atoms with Gasteiger partial charge in [-0.25, -0.2) is 4.98 Å². The van der Waals surface area contributed by atoms with Gasteiger partial charge in [-0.2, -0.15) is 0 Å². The third kappa shape index (κ3) is 5.55. The molecule has 1 amide bonds. The molecule has 0 aliphatic heterocycles. The normalized spacial score (nSPS) is 11.2. The van der Waals surface area contributed by atoms with Gasteiger partial charge < -0.3 is 14.7 Å². The van der Waals surface area contributed by atoms with Crippen molar-refractivity contribution >= 4 is 29.3 Å². The van der Waals surface area contributed by atoms with Gasteiger partial charge in [0.2, 0.25) is 5.91 Å². The summed E-state index contributed by atoms with van der Waals surface area (Å²) in [4.78, 5) is 27.5. The lowest BCUT2D eigenvalue weighted by Crippen LogP contribution is -2.20. The first-order valence-electron chi connectivity index (χ1n) is 9.38. The molecule has 2 heterocycles. The Bertz CT molecular complexity index is 717. The highest BCUT2D eigenvalue weighted by Crippen LogP contribution is 2.29. The topological polar surface area (TPSA) is 64.0 Å². The molecule has 0 aliphatic rings. The van der Waals surface area contributed by atoms with E-state index in [0.29, 0.717) is 12.8 Å². The smallest absolute Gasteiger partial charge is 0.219 e. The summed E-state index contributed by atoms with van der Waals surface area (Å²) in [5.41, 5.74) is 2.83. The zero-order chi connectivity index (χ0) is 20.1. The molecule has 0 aliphatic carbocycles. The van der Waals surface area contributed by atoms with Crippen molar-refractivity contribution in [3.63, 3.8) is 0 Å². The first-order valence-corrected chi connectivity index (χ1v) is 9.38. The Morgan fingerprint density at radius 2 is 1.96 bits per heavy atom. The standard InChI is InChI=1S/C17H21N3O2.2C2H6/c1-4-6-15-12(2)14-7-5-10-19-17(14)20(15)13(11-21)8-9-16(22)18-3;2*1-2/h4-7,10-11,13H,8-9H2,1-3H3,(H,18,22);2*1-2H3/b6-4-;;. The number of hydrogen-bond donors (Lipinski definition) is 1. The molecule has 0 fully saturated rings. The van der Waals surface area contributed by atoms with Crippen LogP contribution >= 0.6 is 0 Å². The van der Waals surface area contributed by atoms with Crippen LogP contribution in [0, 0.1) is 6.92 Å². The molecule has 0 spiro atoms. The van der Waals surface area contributed by atoms with E-state index < -0.39 is 6.04 Å². The van der Waals surface area contributed by atoms with E-state index in [-0.39, 0.29) is 5.91 Å². The number of carbonyl (C=O) groups excluding carboxylic acids is 2. The molecule has 1 N–H and O–H groups in total. The molecule has 2 rings (SSSR count). The summed E-state index contributed by atoms with van der Waals surface area (Å²) in [5, 5.41) is 3.61. The average Bonchev–Trinajstić information content (AvgIpc) is 2.98. The lowest BCUT2D eigenvalue weighted by atomic mass is 10.1. The highest BCUT2D eigenvalue weighted by Gasteiger charge is 2.20. The SMILES string of the molecule is C/C=C\c1c(C)c2cccnc2n1C(C=O)CCC(=O)NC.CC.CC. The zero-order valence-electron chi connectivity index (χ0n) is 17.2. The van der Waals surface area contributed by atoms with E-state index in [9.17, 15) is 9.59 Å². The predicted octanol–water partition coefficient (Wildman–Crippen LogP) is 4.70. The number of aldehydes is 1. The Morgan fingerprint density at radius 3 is 2.50 bits per heavy atom. The number of pyridine rings is 1. The van der Waals surface area contributed by atoms with Crippen LogP contribution in [-0.4, -0.2) is 28.8 Å². The van der Waals surface area contributed by atoms with Gasteiger partial charge in [0.1, 0.15) is 11.9 Å². The van der Waals surface area contributed by atoms with Crippen molar-refractivity contribution in [2.75, 3.05) is 7.05 Å². The van der Waals surface area contributed by atoms with Crippen LogP contribution in [0.3, 0.4) is 0 Å². The van der Waals surface area contributed by atoms with Gasteiger partial charge >= 0.3 is 0 Å². The largest absolute Gasteiger partial charge is 0.359 e. The zero-order valence-corrected chi connectivity index (χ0v) is 17.2. The minimum absolute atomic E-state index is 0.0689. The van der Waals surface area contributed by atoms with Gasteiger partial charge in [-0.3, -0.25) is 4.79 Å². The molecule has 1 unspecified atom stereocenters. The second kappa shape index (κ2) is 12.9. The summed E-state index contributed by atoms with van der Waals surface area (Å²) in [5.74, 6) is -0.0689. The van der Waals surface area contributed by atoms with Gasteiger partial charge in [-0.1, -0.05) is 33.8 Å². The fraction of sp³-hybridized carbons (Fsp3) is 0.476. The molecule has 5 nitrogen and oxygen atoms in total. The second-order valence-corrected chi connectivity index (χ2v) is 5.17. The average molecular weight is 360 g/mol. The van der Waals surface area contributed by atoms with Gasteiger partial charge in [0.05, 0.1) is 6.04 Å². The molecule has 0 saturated heterocycles.